The molecule has 0 aliphatic rings. The van der Waals surface area contributed by atoms with E-state index in [1.165, 1.54) is 26.9 Å². The fourth-order valence-electron chi connectivity index (χ4n) is 4.28. The van der Waals surface area contributed by atoms with Crippen molar-refractivity contribution in [1.29, 1.82) is 0 Å². The van der Waals surface area contributed by atoms with Crippen molar-refractivity contribution in [1.82, 2.24) is 19.9 Å². The van der Waals surface area contributed by atoms with Gasteiger partial charge in [-0.25, -0.2) is 0 Å². The smallest absolute Gasteiger partial charge is 0.0891 e. The lowest BCUT2D eigenvalue weighted by atomic mass is 9.89. The number of benzene rings is 4. The molecule has 0 fully saturated rings. The minimum atomic E-state index is 0.866. The molecule has 0 unspecified atom stereocenters. The van der Waals surface area contributed by atoms with E-state index in [4.69, 9.17) is 0 Å². The molecule has 2 aromatic heterocycles. The highest BCUT2D eigenvalue weighted by atomic mass is 14.8. The maximum atomic E-state index is 4.56. The Kier molecular flexibility index (Phi) is 3.74. The van der Waals surface area contributed by atoms with Crippen LogP contribution < -0.4 is 0 Å². The summed E-state index contributed by atoms with van der Waals surface area (Å²) >= 11 is 0. The number of aromatic nitrogens is 4. The molecule has 6 aromatic rings. The molecular weight excluding hydrogens is 368 g/mol. The molecule has 4 nitrogen and oxygen atoms in total. The first kappa shape index (κ1) is 16.7. The van der Waals surface area contributed by atoms with Crippen LogP contribution in [0.5, 0.6) is 0 Å². The Labute approximate surface area is 172 Å². The zero-order chi connectivity index (χ0) is 19.9. The molecule has 0 atom stereocenters. The van der Waals surface area contributed by atoms with Gasteiger partial charge in [0.05, 0.1) is 23.8 Å². The predicted molar refractivity (Wildman–Crippen MR) is 121 cm³/mol. The van der Waals surface area contributed by atoms with Gasteiger partial charge in [0.15, 0.2) is 0 Å². The zero-order valence-electron chi connectivity index (χ0n) is 16.0. The Morgan fingerprint density at radius 2 is 0.967 bits per heavy atom. The van der Waals surface area contributed by atoms with Crippen molar-refractivity contribution in [3.8, 4) is 22.5 Å². The first-order valence-electron chi connectivity index (χ1n) is 9.80. The predicted octanol–water partition coefficient (Wildman–Crippen LogP) is 6.06. The normalized spacial score (nSPS) is 11.3. The van der Waals surface area contributed by atoms with E-state index in [0.29, 0.717) is 0 Å². The fraction of sp³-hybridized carbons (Fsp3) is 0. The van der Waals surface area contributed by atoms with Gasteiger partial charge >= 0.3 is 0 Å². The summed E-state index contributed by atoms with van der Waals surface area (Å²) in [7, 11) is 0. The minimum absolute atomic E-state index is 0.866. The number of hydrogen-bond donors (Lipinski definition) is 0. The first-order valence-corrected chi connectivity index (χ1v) is 9.80. The second-order valence-corrected chi connectivity index (χ2v) is 7.22. The molecule has 0 aliphatic heterocycles. The maximum Gasteiger partial charge on any atom is 0.0891 e. The molecule has 0 bridgehead atoms. The third kappa shape index (κ3) is 2.54. The fourth-order valence-corrected chi connectivity index (χ4v) is 4.28. The third-order valence-electron chi connectivity index (χ3n) is 5.54. The van der Waals surface area contributed by atoms with E-state index in [9.17, 15) is 0 Å². The standard InChI is InChI=1S/C26H16N4/c1-3-7-20-18(5-1)22(24-15-27-9-11-29-24)13-17-14-23(25-16-28-10-12-30-25)19-6-2-4-8-21(19)26(17)20/h1-16H. The first-order chi connectivity index (χ1) is 14.9. The highest BCUT2D eigenvalue weighted by Gasteiger charge is 2.15. The second kappa shape index (κ2) is 6.71. The Balaban J connectivity index is 1.82. The van der Waals surface area contributed by atoms with Crippen molar-refractivity contribution in [2.45, 2.75) is 0 Å². The van der Waals surface area contributed by atoms with Gasteiger partial charge in [-0.1, -0.05) is 48.5 Å². The van der Waals surface area contributed by atoms with Crippen LogP contribution in [0.2, 0.25) is 0 Å². The largest absolute Gasteiger partial charge is 0.261 e. The molecule has 30 heavy (non-hydrogen) atoms. The van der Waals surface area contributed by atoms with Gasteiger partial charge < -0.3 is 0 Å². The SMILES string of the molecule is c1ccc2c(c1)c(-c1cnccn1)cc1cc(-c3cnccn3)c3ccccc3c12. The van der Waals surface area contributed by atoms with Gasteiger partial charge in [0.25, 0.3) is 0 Å². The van der Waals surface area contributed by atoms with Crippen LogP contribution in [-0.2, 0) is 0 Å². The number of hydrogen-bond acceptors (Lipinski definition) is 4. The van der Waals surface area contributed by atoms with Gasteiger partial charge in [0.1, 0.15) is 0 Å². The van der Waals surface area contributed by atoms with Crippen LogP contribution in [0.1, 0.15) is 0 Å². The molecular formula is C26H16N4. The molecule has 0 spiro atoms. The van der Waals surface area contributed by atoms with Gasteiger partial charge in [-0.2, -0.15) is 0 Å². The highest BCUT2D eigenvalue weighted by Crippen LogP contribution is 2.40. The van der Waals surface area contributed by atoms with Crippen LogP contribution in [0.3, 0.4) is 0 Å². The van der Waals surface area contributed by atoms with Gasteiger partial charge in [-0.3, -0.25) is 19.9 Å². The van der Waals surface area contributed by atoms with E-state index in [1.807, 2.05) is 12.4 Å². The summed E-state index contributed by atoms with van der Waals surface area (Å²) in [6.45, 7) is 0. The molecule has 0 N–H and O–H groups in total. The monoisotopic (exact) mass is 384 g/mol. The number of rotatable bonds is 2. The van der Waals surface area contributed by atoms with E-state index in [2.05, 4.69) is 80.6 Å². The van der Waals surface area contributed by atoms with Crippen LogP contribution in [0.25, 0.3) is 54.8 Å². The highest BCUT2D eigenvalue weighted by molar-refractivity contribution is 6.25. The van der Waals surface area contributed by atoms with E-state index in [0.717, 1.165) is 27.9 Å². The Bertz CT molecular complexity index is 1410. The molecule has 0 radical (unpaired) electrons. The average Bonchev–Trinajstić information content (AvgIpc) is 2.84. The summed E-state index contributed by atoms with van der Waals surface area (Å²) in [4.78, 5) is 17.7. The van der Waals surface area contributed by atoms with Gasteiger partial charge in [-0.15, -0.1) is 0 Å². The number of fused-ring (bicyclic) bond motifs is 5. The average molecular weight is 384 g/mol. The van der Waals surface area contributed by atoms with E-state index in [-0.39, 0.29) is 0 Å². The van der Waals surface area contributed by atoms with Crippen LogP contribution >= 0.6 is 0 Å². The summed E-state index contributed by atoms with van der Waals surface area (Å²) in [5.74, 6) is 0. The molecule has 6 rings (SSSR count). The van der Waals surface area contributed by atoms with E-state index in [1.54, 1.807) is 24.8 Å². The van der Waals surface area contributed by atoms with Crippen LogP contribution in [0, 0.1) is 0 Å². The van der Waals surface area contributed by atoms with Crippen molar-refractivity contribution in [2.24, 2.45) is 0 Å². The van der Waals surface area contributed by atoms with Gasteiger partial charge in [-0.05, 0) is 44.5 Å². The lowest BCUT2D eigenvalue weighted by Crippen LogP contribution is -1.91. The molecule has 140 valence electrons. The summed E-state index contributed by atoms with van der Waals surface area (Å²) in [5, 5.41) is 7.14. The van der Waals surface area contributed by atoms with Crippen molar-refractivity contribution < 1.29 is 0 Å². The maximum absolute atomic E-state index is 4.56. The lowest BCUT2D eigenvalue weighted by molar-refractivity contribution is 1.21. The molecule has 4 aromatic carbocycles. The van der Waals surface area contributed by atoms with E-state index < -0.39 is 0 Å². The molecule has 4 heteroatoms. The molecule has 2 heterocycles. The van der Waals surface area contributed by atoms with Crippen molar-refractivity contribution in [3.63, 3.8) is 0 Å². The second-order valence-electron chi connectivity index (χ2n) is 7.22. The molecule has 0 aliphatic carbocycles. The summed E-state index contributed by atoms with van der Waals surface area (Å²) < 4.78 is 0. The van der Waals surface area contributed by atoms with Crippen molar-refractivity contribution in [3.05, 3.63) is 97.8 Å². The Morgan fingerprint density at radius 3 is 1.40 bits per heavy atom. The topological polar surface area (TPSA) is 51.6 Å². The quantitative estimate of drug-likeness (QED) is 0.341. The molecule has 0 saturated carbocycles. The number of nitrogens with zero attached hydrogens (tertiary/aromatic N) is 4. The van der Waals surface area contributed by atoms with Crippen LogP contribution in [0.4, 0.5) is 0 Å². The van der Waals surface area contributed by atoms with Crippen LogP contribution in [0.15, 0.2) is 97.8 Å². The summed E-state index contributed by atoms with van der Waals surface area (Å²) in [6.07, 6.45) is 10.5. The van der Waals surface area contributed by atoms with Crippen molar-refractivity contribution in [2.75, 3.05) is 0 Å². The Hall–Kier alpha value is -4.18. The van der Waals surface area contributed by atoms with E-state index >= 15 is 0 Å². The minimum Gasteiger partial charge on any atom is -0.261 e. The molecule has 0 saturated heterocycles. The van der Waals surface area contributed by atoms with Gasteiger partial charge in [0, 0.05) is 35.9 Å². The molecule has 0 amide bonds. The zero-order valence-corrected chi connectivity index (χ0v) is 16.0. The lowest BCUT2D eigenvalue weighted by Gasteiger charge is -2.15. The van der Waals surface area contributed by atoms with Crippen molar-refractivity contribution >= 4 is 32.3 Å². The third-order valence-corrected chi connectivity index (χ3v) is 5.54. The summed E-state index contributed by atoms with van der Waals surface area (Å²) in [6, 6.07) is 21.4. The van der Waals surface area contributed by atoms with Crippen LogP contribution in [-0.4, -0.2) is 19.9 Å². The summed E-state index contributed by atoms with van der Waals surface area (Å²) in [5.41, 5.74) is 3.88. The van der Waals surface area contributed by atoms with Gasteiger partial charge in [0.2, 0.25) is 0 Å². The Morgan fingerprint density at radius 1 is 0.500 bits per heavy atom.